The summed E-state index contributed by atoms with van der Waals surface area (Å²) in [5.74, 6) is -7.94. The average molecular weight is 312 g/mol. The van der Waals surface area contributed by atoms with Gasteiger partial charge in [-0.05, 0) is 6.92 Å². The van der Waals surface area contributed by atoms with E-state index in [1.807, 2.05) is 0 Å². The van der Waals surface area contributed by atoms with Crippen molar-refractivity contribution >= 4 is 35.4 Å². The third kappa shape index (κ3) is 2.26. The number of amides is 4. The number of methoxy groups -OCH3 is 1. The molecule has 2 aliphatic heterocycles. The van der Waals surface area contributed by atoms with Gasteiger partial charge in [0.25, 0.3) is 23.6 Å². The van der Waals surface area contributed by atoms with Crippen LogP contribution in [-0.2, 0) is 38.2 Å². The number of Topliss-reactive ketones (excluding diaryl/α,β-unsaturated/α-hetero) is 1. The van der Waals surface area contributed by atoms with E-state index in [4.69, 9.17) is 0 Å². The Bertz CT molecular complexity index is 566. The smallest absolute Gasteiger partial charge is 0.330 e. The average Bonchev–Trinajstić information content (AvgIpc) is 2.45. The summed E-state index contributed by atoms with van der Waals surface area (Å²) in [4.78, 5) is 70.3. The highest BCUT2D eigenvalue weighted by atomic mass is 16.7. The number of β-lactam (4-membered cyclic amide) rings is 4. The van der Waals surface area contributed by atoms with Crippen molar-refractivity contribution in [3.63, 3.8) is 0 Å². The molecule has 0 aromatic rings. The third-order valence-electron chi connectivity index (χ3n) is 3.30. The molecule has 0 aliphatic carbocycles. The van der Waals surface area contributed by atoms with E-state index in [1.54, 1.807) is 0 Å². The molecule has 0 atom stereocenters. The Morgan fingerprint density at radius 3 is 1.82 bits per heavy atom. The number of esters is 1. The molecule has 118 valence electrons. The van der Waals surface area contributed by atoms with Crippen molar-refractivity contribution in [3.05, 3.63) is 0 Å². The van der Waals surface area contributed by atoms with E-state index in [-0.39, 0.29) is 0 Å². The first-order valence-electron chi connectivity index (χ1n) is 6.17. The lowest BCUT2D eigenvalue weighted by molar-refractivity contribution is -0.184. The van der Waals surface area contributed by atoms with Crippen molar-refractivity contribution < 1.29 is 38.2 Å². The number of carbonyl (C=O) groups excluding carboxylic acids is 6. The summed E-state index contributed by atoms with van der Waals surface area (Å²) < 4.78 is 8.97. The molecule has 10 nitrogen and oxygen atoms in total. The molecule has 2 rings (SSSR count). The van der Waals surface area contributed by atoms with Crippen LogP contribution in [0.3, 0.4) is 0 Å². The van der Waals surface area contributed by atoms with E-state index in [1.165, 1.54) is 7.11 Å². The number of hydrogen-bond acceptors (Lipinski definition) is 8. The maximum atomic E-state index is 11.7. The summed E-state index contributed by atoms with van der Waals surface area (Å²) in [6, 6.07) is 0. The number of rotatable bonds is 6. The fourth-order valence-corrected chi connectivity index (χ4v) is 2.09. The molecular formula is C12H12N2O8. The predicted octanol–water partition coefficient (Wildman–Crippen LogP) is -2.35. The molecule has 2 heterocycles. The molecule has 0 saturated carbocycles. The van der Waals surface area contributed by atoms with Crippen molar-refractivity contribution in [2.45, 2.75) is 6.92 Å². The van der Waals surface area contributed by atoms with Crippen LogP contribution in [0.1, 0.15) is 6.92 Å². The minimum absolute atomic E-state index is 0.403. The van der Waals surface area contributed by atoms with Gasteiger partial charge in [-0.15, -0.1) is 0 Å². The maximum Gasteiger partial charge on any atom is 0.330 e. The Morgan fingerprint density at radius 1 is 0.955 bits per heavy atom. The Balaban J connectivity index is 1.94. The zero-order valence-corrected chi connectivity index (χ0v) is 11.7. The third-order valence-corrected chi connectivity index (χ3v) is 3.30. The predicted molar refractivity (Wildman–Crippen MR) is 64.2 cm³/mol. The highest BCUT2D eigenvalue weighted by Crippen LogP contribution is 2.26. The first kappa shape index (κ1) is 15.8. The van der Waals surface area contributed by atoms with Crippen LogP contribution in [0.4, 0.5) is 0 Å². The molecule has 0 radical (unpaired) electrons. The fraction of sp³-hybridized carbons (Fsp3) is 0.500. The summed E-state index contributed by atoms with van der Waals surface area (Å²) in [7, 11) is 1.26. The normalized spacial score (nSPS) is 19.2. The number of ketones is 1. The van der Waals surface area contributed by atoms with Crippen molar-refractivity contribution in [3.8, 4) is 0 Å². The highest BCUT2D eigenvalue weighted by molar-refractivity contribution is 6.31. The molecule has 2 aliphatic rings. The Morgan fingerprint density at radius 2 is 1.41 bits per heavy atom. The number of ether oxygens (including phenoxy) is 2. The van der Waals surface area contributed by atoms with Gasteiger partial charge < -0.3 is 9.47 Å². The zero-order valence-electron chi connectivity index (χ0n) is 11.7. The fourth-order valence-electron chi connectivity index (χ4n) is 2.09. The highest BCUT2D eigenvalue weighted by Gasteiger charge is 2.57. The van der Waals surface area contributed by atoms with Crippen LogP contribution >= 0.6 is 0 Å². The number of nitrogens with zero attached hydrogens (tertiary/aromatic N) is 2. The molecule has 4 amide bonds. The van der Waals surface area contributed by atoms with E-state index in [0.29, 0.717) is 9.80 Å². The largest absolute Gasteiger partial charge is 0.437 e. The van der Waals surface area contributed by atoms with Crippen molar-refractivity contribution in [1.82, 2.24) is 9.80 Å². The lowest BCUT2D eigenvalue weighted by Gasteiger charge is -2.41. The van der Waals surface area contributed by atoms with Gasteiger partial charge >= 0.3 is 5.97 Å². The van der Waals surface area contributed by atoms with Crippen LogP contribution in [0.15, 0.2) is 0 Å². The molecule has 2 saturated heterocycles. The Labute approximate surface area is 123 Å². The Kier molecular flexibility index (Phi) is 4.04. The SMILES string of the molecule is COCOC(=O)C1C(=O)N(CN2C(=O)C(C(C)=O)C2=O)C1=O. The molecule has 22 heavy (non-hydrogen) atoms. The number of hydrogen-bond donors (Lipinski definition) is 0. The second-order valence-corrected chi connectivity index (χ2v) is 4.70. The standard InChI is InChI=1S/C12H12N2O8/c1-5(15)6-8(16)13(9(6)17)3-14-10(18)7(11(14)19)12(20)22-4-21-2/h6-7H,3-4H2,1-2H3. The van der Waals surface area contributed by atoms with Crippen LogP contribution in [0.2, 0.25) is 0 Å². The van der Waals surface area contributed by atoms with Crippen LogP contribution < -0.4 is 0 Å². The summed E-state index contributed by atoms with van der Waals surface area (Å²) in [5.41, 5.74) is 0. The molecule has 2 fully saturated rings. The lowest BCUT2D eigenvalue weighted by atomic mass is 9.93. The van der Waals surface area contributed by atoms with Crippen molar-refractivity contribution in [2.75, 3.05) is 20.6 Å². The maximum absolute atomic E-state index is 11.7. The van der Waals surface area contributed by atoms with E-state index < -0.39 is 60.7 Å². The van der Waals surface area contributed by atoms with Gasteiger partial charge in [0, 0.05) is 7.11 Å². The molecule has 0 bridgehead atoms. The van der Waals surface area contributed by atoms with Gasteiger partial charge in [0.1, 0.15) is 6.67 Å². The Hall–Kier alpha value is -2.62. The van der Waals surface area contributed by atoms with Gasteiger partial charge in [-0.2, -0.15) is 0 Å². The van der Waals surface area contributed by atoms with Gasteiger partial charge in [0.2, 0.25) is 5.92 Å². The van der Waals surface area contributed by atoms with Crippen molar-refractivity contribution in [1.29, 1.82) is 0 Å². The minimum Gasteiger partial charge on any atom is -0.437 e. The molecular weight excluding hydrogens is 300 g/mol. The molecule has 0 aromatic carbocycles. The quantitative estimate of drug-likeness (QED) is 0.231. The van der Waals surface area contributed by atoms with Gasteiger partial charge in [-0.1, -0.05) is 0 Å². The number of likely N-dealkylation sites (tertiary alicyclic amines) is 2. The summed E-state index contributed by atoms with van der Waals surface area (Å²) in [5, 5.41) is 0. The lowest BCUT2D eigenvalue weighted by Crippen LogP contribution is -2.69. The van der Waals surface area contributed by atoms with Crippen LogP contribution in [0.25, 0.3) is 0 Å². The van der Waals surface area contributed by atoms with Gasteiger partial charge in [-0.25, -0.2) is 0 Å². The first-order chi connectivity index (χ1) is 10.3. The number of imide groups is 2. The van der Waals surface area contributed by atoms with Crippen LogP contribution in [-0.4, -0.2) is 65.8 Å². The van der Waals surface area contributed by atoms with E-state index >= 15 is 0 Å². The van der Waals surface area contributed by atoms with Gasteiger partial charge in [-0.3, -0.25) is 38.6 Å². The van der Waals surface area contributed by atoms with Gasteiger partial charge in [0.05, 0.1) is 0 Å². The van der Waals surface area contributed by atoms with E-state index in [9.17, 15) is 28.8 Å². The van der Waals surface area contributed by atoms with Crippen LogP contribution in [0.5, 0.6) is 0 Å². The summed E-state index contributed by atoms with van der Waals surface area (Å²) >= 11 is 0. The second kappa shape index (κ2) is 5.64. The summed E-state index contributed by atoms with van der Waals surface area (Å²) in [6.45, 7) is 0.0893. The van der Waals surface area contributed by atoms with Crippen molar-refractivity contribution in [2.24, 2.45) is 11.8 Å². The monoisotopic (exact) mass is 312 g/mol. The van der Waals surface area contributed by atoms with Crippen LogP contribution in [0, 0.1) is 11.8 Å². The van der Waals surface area contributed by atoms with E-state index in [0.717, 1.165) is 6.92 Å². The number of carbonyl (C=O) groups is 6. The second-order valence-electron chi connectivity index (χ2n) is 4.70. The molecule has 0 unspecified atom stereocenters. The zero-order chi connectivity index (χ0) is 16.6. The summed E-state index contributed by atoms with van der Waals surface area (Å²) in [6.07, 6.45) is 0. The molecule has 0 aromatic heterocycles. The first-order valence-corrected chi connectivity index (χ1v) is 6.17. The van der Waals surface area contributed by atoms with E-state index in [2.05, 4.69) is 9.47 Å². The minimum atomic E-state index is -1.61. The molecule has 10 heteroatoms. The molecule has 0 spiro atoms. The molecule has 0 N–H and O–H groups in total. The van der Waals surface area contributed by atoms with Gasteiger partial charge in [0.15, 0.2) is 18.5 Å². The topological polar surface area (TPSA) is 127 Å².